The quantitative estimate of drug-likeness (QED) is 0.428. The van der Waals surface area contributed by atoms with E-state index >= 15 is 0 Å². The van der Waals surface area contributed by atoms with E-state index in [1.807, 2.05) is 6.92 Å². The van der Waals surface area contributed by atoms with Crippen LogP contribution in [0.25, 0.3) is 0 Å². The monoisotopic (exact) mass is 364 g/mol. The number of nitrogens with two attached hydrogens (primary N) is 1. The predicted octanol–water partition coefficient (Wildman–Crippen LogP) is 6.61. The molecular formula is C23H41FN2. The number of rotatable bonds is 10. The average Bonchev–Trinajstić information content (AvgIpc) is 2.55. The Morgan fingerprint density at radius 2 is 1.92 bits per heavy atom. The molecule has 3 atom stereocenters. The van der Waals surface area contributed by atoms with E-state index in [4.69, 9.17) is 5.73 Å². The van der Waals surface area contributed by atoms with Crippen LogP contribution in [-0.4, -0.2) is 6.17 Å². The van der Waals surface area contributed by atoms with Crippen LogP contribution in [-0.2, 0) is 0 Å². The number of allylic oxidation sites excluding steroid dienone is 5. The third-order valence-corrected chi connectivity index (χ3v) is 5.65. The maximum Gasteiger partial charge on any atom is 0.120 e. The molecule has 1 rings (SSSR count). The van der Waals surface area contributed by atoms with Gasteiger partial charge in [0.25, 0.3) is 0 Å². The van der Waals surface area contributed by atoms with Crippen molar-refractivity contribution in [2.75, 3.05) is 0 Å². The van der Waals surface area contributed by atoms with E-state index in [1.54, 1.807) is 5.57 Å². The van der Waals surface area contributed by atoms with Gasteiger partial charge in [-0.25, -0.2) is 4.39 Å². The van der Waals surface area contributed by atoms with Crippen LogP contribution in [0.3, 0.4) is 0 Å². The highest BCUT2D eigenvalue weighted by molar-refractivity contribution is 5.44. The van der Waals surface area contributed by atoms with Crippen LogP contribution in [0.1, 0.15) is 87.0 Å². The van der Waals surface area contributed by atoms with Crippen molar-refractivity contribution in [2.24, 2.45) is 23.5 Å². The van der Waals surface area contributed by atoms with Gasteiger partial charge in [-0.1, -0.05) is 64.2 Å². The lowest BCUT2D eigenvalue weighted by Crippen LogP contribution is -2.35. The van der Waals surface area contributed by atoms with E-state index in [1.165, 1.54) is 38.2 Å². The van der Waals surface area contributed by atoms with Gasteiger partial charge >= 0.3 is 0 Å². The molecule has 3 N–H and O–H groups in total. The maximum absolute atomic E-state index is 14.2. The summed E-state index contributed by atoms with van der Waals surface area (Å²) in [4.78, 5) is 0. The van der Waals surface area contributed by atoms with Crippen molar-refractivity contribution in [1.29, 1.82) is 0 Å². The van der Waals surface area contributed by atoms with Gasteiger partial charge in [0.2, 0.25) is 0 Å². The average molecular weight is 365 g/mol. The number of hydrogen-bond donors (Lipinski definition) is 2. The van der Waals surface area contributed by atoms with Gasteiger partial charge in [-0.2, -0.15) is 0 Å². The van der Waals surface area contributed by atoms with Gasteiger partial charge in [-0.05, 0) is 63.4 Å². The maximum atomic E-state index is 14.2. The predicted molar refractivity (Wildman–Crippen MR) is 112 cm³/mol. The molecule has 1 aliphatic rings. The Morgan fingerprint density at radius 3 is 2.38 bits per heavy atom. The van der Waals surface area contributed by atoms with Gasteiger partial charge in [0.1, 0.15) is 5.83 Å². The third-order valence-electron chi connectivity index (χ3n) is 5.65. The van der Waals surface area contributed by atoms with E-state index in [2.05, 4.69) is 46.0 Å². The Morgan fingerprint density at radius 1 is 1.27 bits per heavy atom. The largest absolute Gasteiger partial charge is 0.368 e. The topological polar surface area (TPSA) is 38.0 Å². The van der Waals surface area contributed by atoms with Gasteiger partial charge in [-0.15, -0.1) is 0 Å². The molecule has 0 radical (unpaired) electrons. The second-order valence-electron chi connectivity index (χ2n) is 8.38. The zero-order valence-corrected chi connectivity index (χ0v) is 18.1. The molecule has 2 nitrogen and oxygen atoms in total. The lowest BCUT2D eigenvalue weighted by molar-refractivity contribution is 0.314. The summed E-state index contributed by atoms with van der Waals surface area (Å²) in [5, 5.41) is 3.13. The summed E-state index contributed by atoms with van der Waals surface area (Å²) in [6.45, 7) is 14.7. The first-order chi connectivity index (χ1) is 12.2. The minimum Gasteiger partial charge on any atom is -0.368 e. The second-order valence-corrected chi connectivity index (χ2v) is 8.38. The molecule has 0 heterocycles. The van der Waals surface area contributed by atoms with Crippen LogP contribution in [0.2, 0.25) is 0 Å². The van der Waals surface area contributed by atoms with E-state index in [0.717, 1.165) is 24.3 Å². The molecule has 3 unspecified atom stereocenters. The summed E-state index contributed by atoms with van der Waals surface area (Å²) in [7, 11) is 0. The summed E-state index contributed by atoms with van der Waals surface area (Å²) < 4.78 is 14.2. The summed E-state index contributed by atoms with van der Waals surface area (Å²) in [6.07, 6.45) is 8.91. The Hall–Kier alpha value is -1.09. The molecule has 0 saturated carbocycles. The highest BCUT2D eigenvalue weighted by Crippen LogP contribution is 2.41. The van der Waals surface area contributed by atoms with Crippen molar-refractivity contribution in [3.8, 4) is 0 Å². The molecular weight excluding hydrogens is 323 g/mol. The number of hydrogen-bond acceptors (Lipinski definition) is 2. The molecule has 1 aliphatic carbocycles. The standard InChI is InChI=1S/C23H41FN2/c1-8-19(12-10-11-15(3)4)22-14-20(13-16(5)21(22)9-2)23(17(6)24)26-18(7)25/h13,15,18-19,22,26H,8-12,14,25H2,1-7H3/b23-17+. The lowest BCUT2D eigenvalue weighted by atomic mass is 9.72. The first kappa shape index (κ1) is 23.0. The molecule has 0 amide bonds. The Kier molecular flexibility index (Phi) is 9.63. The highest BCUT2D eigenvalue weighted by Gasteiger charge is 2.29. The van der Waals surface area contributed by atoms with Crippen LogP contribution in [0.15, 0.2) is 34.3 Å². The number of nitrogens with one attached hydrogen (secondary N) is 1. The van der Waals surface area contributed by atoms with E-state index in [9.17, 15) is 4.39 Å². The lowest BCUT2D eigenvalue weighted by Gasteiger charge is -2.35. The van der Waals surface area contributed by atoms with E-state index < -0.39 is 0 Å². The van der Waals surface area contributed by atoms with Gasteiger partial charge in [-0.3, -0.25) is 0 Å². The molecule has 0 aromatic rings. The zero-order valence-electron chi connectivity index (χ0n) is 18.1. The normalized spacial score (nSPS) is 21.5. The van der Waals surface area contributed by atoms with Crippen molar-refractivity contribution in [2.45, 2.75) is 93.2 Å². The van der Waals surface area contributed by atoms with Crippen LogP contribution in [0, 0.1) is 17.8 Å². The SMILES string of the molecule is CCC1=C(C)C=C(/C(NC(C)N)=C(/C)F)CC1C(CC)CCCC(C)C. The molecule has 0 aliphatic heterocycles. The minimum absolute atomic E-state index is 0.173. The number of halogens is 1. The third kappa shape index (κ3) is 6.57. The first-order valence-corrected chi connectivity index (χ1v) is 10.5. The fourth-order valence-corrected chi connectivity index (χ4v) is 4.35. The van der Waals surface area contributed by atoms with Crippen molar-refractivity contribution in [1.82, 2.24) is 5.32 Å². The summed E-state index contributed by atoms with van der Waals surface area (Å²) in [5.41, 5.74) is 10.4. The van der Waals surface area contributed by atoms with Crippen LogP contribution in [0.5, 0.6) is 0 Å². The molecule has 0 aromatic carbocycles. The van der Waals surface area contributed by atoms with Gasteiger partial charge in [0, 0.05) is 0 Å². The Balaban J connectivity index is 3.10. The molecule has 3 heteroatoms. The molecule has 0 saturated heterocycles. The van der Waals surface area contributed by atoms with Crippen molar-refractivity contribution >= 4 is 0 Å². The molecule has 150 valence electrons. The molecule has 0 aromatic heterocycles. The molecule has 0 fully saturated rings. The second kappa shape index (κ2) is 10.9. The van der Waals surface area contributed by atoms with Gasteiger partial charge < -0.3 is 11.1 Å². The first-order valence-electron chi connectivity index (χ1n) is 10.5. The Bertz CT molecular complexity index is 536. The molecule has 0 spiro atoms. The summed E-state index contributed by atoms with van der Waals surface area (Å²) >= 11 is 0. The van der Waals surface area contributed by atoms with E-state index in [-0.39, 0.29) is 12.0 Å². The van der Waals surface area contributed by atoms with Crippen LogP contribution >= 0.6 is 0 Å². The van der Waals surface area contributed by atoms with Crippen LogP contribution in [0.4, 0.5) is 4.39 Å². The summed E-state index contributed by atoms with van der Waals surface area (Å²) in [5.74, 6) is 1.77. The van der Waals surface area contributed by atoms with Crippen molar-refractivity contribution in [3.05, 3.63) is 34.3 Å². The van der Waals surface area contributed by atoms with Crippen molar-refractivity contribution in [3.63, 3.8) is 0 Å². The van der Waals surface area contributed by atoms with E-state index in [0.29, 0.717) is 17.5 Å². The highest BCUT2D eigenvalue weighted by atomic mass is 19.1. The minimum atomic E-state index is -0.264. The molecule has 26 heavy (non-hydrogen) atoms. The summed E-state index contributed by atoms with van der Waals surface area (Å²) in [6, 6.07) is 0. The van der Waals surface area contributed by atoms with Crippen molar-refractivity contribution < 1.29 is 4.39 Å². The smallest absolute Gasteiger partial charge is 0.120 e. The van der Waals surface area contributed by atoms with Crippen LogP contribution < -0.4 is 11.1 Å². The molecule has 0 bridgehead atoms. The van der Waals surface area contributed by atoms with Gasteiger partial charge in [0.15, 0.2) is 0 Å². The Labute approximate surface area is 161 Å². The fourth-order valence-electron chi connectivity index (χ4n) is 4.35. The van der Waals surface area contributed by atoms with Gasteiger partial charge in [0.05, 0.1) is 11.9 Å². The zero-order chi connectivity index (χ0) is 19.9. The fraction of sp³-hybridized carbons (Fsp3) is 0.739.